The molecule has 5 heteroatoms. The molecule has 1 aliphatic rings. The van der Waals surface area contributed by atoms with Crippen molar-refractivity contribution in [2.24, 2.45) is 0 Å². The molecule has 0 aromatic carbocycles. The van der Waals surface area contributed by atoms with Crippen molar-refractivity contribution in [1.82, 2.24) is 4.90 Å². The van der Waals surface area contributed by atoms with Crippen molar-refractivity contribution < 1.29 is 14.6 Å². The highest BCUT2D eigenvalue weighted by Gasteiger charge is 2.26. The summed E-state index contributed by atoms with van der Waals surface area (Å²) in [5.74, 6) is -0.855. The van der Waals surface area contributed by atoms with E-state index in [4.69, 9.17) is 15.1 Å². The summed E-state index contributed by atoms with van der Waals surface area (Å²) >= 11 is 0. The van der Waals surface area contributed by atoms with Gasteiger partial charge in [-0.1, -0.05) is 6.92 Å². The molecule has 2 unspecified atom stereocenters. The molecule has 84 valence electrons. The van der Waals surface area contributed by atoms with E-state index in [0.29, 0.717) is 19.7 Å². The van der Waals surface area contributed by atoms with Gasteiger partial charge in [0.2, 0.25) is 0 Å². The summed E-state index contributed by atoms with van der Waals surface area (Å²) in [6, 6.07) is 2.10. The highest BCUT2D eigenvalue weighted by molar-refractivity contribution is 5.67. The molecular formula is C10H16N2O3. The Labute approximate surface area is 89.2 Å². The number of nitrogens with zero attached hydrogens (tertiary/aromatic N) is 2. The average molecular weight is 212 g/mol. The molecule has 0 spiro atoms. The molecule has 0 saturated carbocycles. The Morgan fingerprint density at radius 2 is 2.53 bits per heavy atom. The number of carbonyl (C=O) groups is 1. The van der Waals surface area contributed by atoms with Gasteiger partial charge in [0.15, 0.2) is 0 Å². The zero-order valence-electron chi connectivity index (χ0n) is 8.85. The van der Waals surface area contributed by atoms with Crippen LogP contribution in [0.25, 0.3) is 0 Å². The Morgan fingerprint density at radius 3 is 3.07 bits per heavy atom. The van der Waals surface area contributed by atoms with E-state index >= 15 is 0 Å². The third kappa shape index (κ3) is 3.50. The predicted octanol–water partition coefficient (Wildman–Crippen LogP) is 0.464. The lowest BCUT2D eigenvalue weighted by Crippen LogP contribution is -2.47. The molecule has 15 heavy (non-hydrogen) atoms. The first-order chi connectivity index (χ1) is 7.17. The second-order valence-corrected chi connectivity index (χ2v) is 3.64. The molecule has 1 heterocycles. The van der Waals surface area contributed by atoms with Gasteiger partial charge in [-0.2, -0.15) is 5.26 Å². The minimum atomic E-state index is -0.855. The van der Waals surface area contributed by atoms with Crippen molar-refractivity contribution in [2.45, 2.75) is 31.9 Å². The highest BCUT2D eigenvalue weighted by atomic mass is 16.5. The quantitative estimate of drug-likeness (QED) is 0.733. The Hall–Kier alpha value is -1.12. The second kappa shape index (κ2) is 5.69. The Kier molecular flexibility index (Phi) is 4.53. The van der Waals surface area contributed by atoms with Gasteiger partial charge in [-0.3, -0.25) is 9.69 Å². The fourth-order valence-corrected chi connectivity index (χ4v) is 1.77. The minimum Gasteiger partial charge on any atom is -0.481 e. The molecule has 5 nitrogen and oxygen atoms in total. The van der Waals surface area contributed by atoms with Gasteiger partial charge in [0.1, 0.15) is 0 Å². The standard InChI is InChI=1S/C10H16N2O3/c1-2-8(6-11)12-3-4-15-9(7-12)5-10(13)14/h8-9H,2-5,7H2,1H3,(H,13,14). The Balaban J connectivity index is 2.48. The number of aliphatic carboxylic acids is 1. The molecule has 0 bridgehead atoms. The number of nitriles is 1. The van der Waals surface area contributed by atoms with E-state index in [0.717, 1.165) is 6.42 Å². The number of ether oxygens (including phenoxy) is 1. The molecule has 1 aliphatic heterocycles. The molecule has 1 saturated heterocycles. The SMILES string of the molecule is CCC(C#N)N1CCOC(CC(=O)O)C1. The maximum absolute atomic E-state index is 10.5. The summed E-state index contributed by atoms with van der Waals surface area (Å²) < 4.78 is 5.33. The molecule has 1 N–H and O–H groups in total. The van der Waals surface area contributed by atoms with Crippen molar-refractivity contribution in [3.63, 3.8) is 0 Å². The zero-order valence-corrected chi connectivity index (χ0v) is 8.85. The van der Waals surface area contributed by atoms with E-state index in [1.165, 1.54) is 0 Å². The summed E-state index contributed by atoms with van der Waals surface area (Å²) in [6.07, 6.45) is 0.493. The first-order valence-electron chi connectivity index (χ1n) is 5.14. The van der Waals surface area contributed by atoms with E-state index in [1.807, 2.05) is 11.8 Å². The summed E-state index contributed by atoms with van der Waals surface area (Å²) in [4.78, 5) is 12.5. The lowest BCUT2D eigenvalue weighted by Gasteiger charge is -2.34. The van der Waals surface area contributed by atoms with Gasteiger partial charge in [-0.15, -0.1) is 0 Å². The lowest BCUT2D eigenvalue weighted by atomic mass is 10.1. The average Bonchev–Trinajstić information content (AvgIpc) is 2.19. The van der Waals surface area contributed by atoms with Gasteiger partial charge < -0.3 is 9.84 Å². The molecular weight excluding hydrogens is 196 g/mol. The van der Waals surface area contributed by atoms with Crippen molar-refractivity contribution in [1.29, 1.82) is 5.26 Å². The number of morpholine rings is 1. The van der Waals surface area contributed by atoms with Crippen LogP contribution in [-0.4, -0.2) is 47.8 Å². The van der Waals surface area contributed by atoms with Crippen molar-refractivity contribution in [2.75, 3.05) is 19.7 Å². The largest absolute Gasteiger partial charge is 0.481 e. The summed E-state index contributed by atoms with van der Waals surface area (Å²) in [5.41, 5.74) is 0. The van der Waals surface area contributed by atoms with Crippen LogP contribution in [0.5, 0.6) is 0 Å². The topological polar surface area (TPSA) is 73.6 Å². The fraction of sp³-hybridized carbons (Fsp3) is 0.800. The van der Waals surface area contributed by atoms with Gasteiger partial charge in [-0.25, -0.2) is 0 Å². The maximum atomic E-state index is 10.5. The van der Waals surface area contributed by atoms with Crippen LogP contribution in [0.4, 0.5) is 0 Å². The molecule has 0 amide bonds. The smallest absolute Gasteiger partial charge is 0.306 e. The van der Waals surface area contributed by atoms with E-state index in [1.54, 1.807) is 0 Å². The van der Waals surface area contributed by atoms with Crippen LogP contribution in [0.1, 0.15) is 19.8 Å². The summed E-state index contributed by atoms with van der Waals surface area (Å²) in [5, 5.41) is 17.5. The van der Waals surface area contributed by atoms with Crippen molar-refractivity contribution in [3.8, 4) is 6.07 Å². The van der Waals surface area contributed by atoms with Crippen LogP contribution < -0.4 is 0 Å². The first-order valence-corrected chi connectivity index (χ1v) is 5.14. The third-order valence-corrected chi connectivity index (χ3v) is 2.55. The maximum Gasteiger partial charge on any atom is 0.306 e. The number of hydrogen-bond donors (Lipinski definition) is 1. The molecule has 1 rings (SSSR count). The van der Waals surface area contributed by atoms with E-state index in [2.05, 4.69) is 6.07 Å². The normalized spacial score (nSPS) is 24.4. The molecule has 0 aromatic heterocycles. The summed E-state index contributed by atoms with van der Waals surface area (Å²) in [6.45, 7) is 3.71. The second-order valence-electron chi connectivity index (χ2n) is 3.64. The number of carboxylic acid groups (broad SMARTS) is 1. The molecule has 0 aromatic rings. The first kappa shape index (κ1) is 12.0. The van der Waals surface area contributed by atoms with Gasteiger partial charge in [0, 0.05) is 13.1 Å². The Morgan fingerprint density at radius 1 is 1.80 bits per heavy atom. The van der Waals surface area contributed by atoms with E-state index in [-0.39, 0.29) is 18.6 Å². The number of rotatable bonds is 4. The highest BCUT2D eigenvalue weighted by Crippen LogP contribution is 2.13. The van der Waals surface area contributed by atoms with Crippen LogP contribution in [0, 0.1) is 11.3 Å². The zero-order chi connectivity index (χ0) is 11.3. The van der Waals surface area contributed by atoms with Crippen LogP contribution >= 0.6 is 0 Å². The number of carboxylic acids is 1. The van der Waals surface area contributed by atoms with Crippen LogP contribution in [-0.2, 0) is 9.53 Å². The van der Waals surface area contributed by atoms with Gasteiger partial charge in [-0.05, 0) is 6.42 Å². The number of hydrogen-bond acceptors (Lipinski definition) is 4. The van der Waals surface area contributed by atoms with Crippen molar-refractivity contribution >= 4 is 5.97 Å². The summed E-state index contributed by atoms with van der Waals surface area (Å²) in [7, 11) is 0. The van der Waals surface area contributed by atoms with Gasteiger partial charge in [0.25, 0.3) is 0 Å². The fourth-order valence-electron chi connectivity index (χ4n) is 1.77. The van der Waals surface area contributed by atoms with Crippen LogP contribution in [0.3, 0.4) is 0 Å². The minimum absolute atomic E-state index is 0.0123. The molecule has 1 fully saturated rings. The lowest BCUT2D eigenvalue weighted by molar-refractivity contribution is -0.142. The monoisotopic (exact) mass is 212 g/mol. The van der Waals surface area contributed by atoms with E-state index < -0.39 is 5.97 Å². The molecule has 2 atom stereocenters. The third-order valence-electron chi connectivity index (χ3n) is 2.55. The Bertz CT molecular complexity index is 262. The van der Waals surface area contributed by atoms with Gasteiger partial charge in [0.05, 0.1) is 31.2 Å². The van der Waals surface area contributed by atoms with E-state index in [9.17, 15) is 4.79 Å². The predicted molar refractivity (Wildman–Crippen MR) is 53.3 cm³/mol. The van der Waals surface area contributed by atoms with Crippen LogP contribution in [0.15, 0.2) is 0 Å². The van der Waals surface area contributed by atoms with Crippen molar-refractivity contribution in [3.05, 3.63) is 0 Å². The molecule has 0 radical (unpaired) electrons. The van der Waals surface area contributed by atoms with Crippen LogP contribution in [0.2, 0.25) is 0 Å². The molecule has 0 aliphatic carbocycles. The van der Waals surface area contributed by atoms with Gasteiger partial charge >= 0.3 is 5.97 Å².